The van der Waals surface area contributed by atoms with E-state index in [9.17, 15) is 9.90 Å². The molecule has 1 aliphatic heterocycles. The Hall–Kier alpha value is -1.69. The van der Waals surface area contributed by atoms with E-state index >= 15 is 0 Å². The van der Waals surface area contributed by atoms with Crippen molar-refractivity contribution in [3.63, 3.8) is 0 Å². The smallest absolute Gasteiger partial charge is 0.326 e. The Labute approximate surface area is 92.6 Å². The van der Waals surface area contributed by atoms with Crippen LogP contribution in [-0.4, -0.2) is 44.8 Å². The Morgan fingerprint density at radius 2 is 2.38 bits per heavy atom. The van der Waals surface area contributed by atoms with Gasteiger partial charge in [-0.25, -0.2) is 14.8 Å². The topological polar surface area (TPSA) is 86.5 Å². The zero-order valence-corrected chi connectivity index (χ0v) is 8.87. The van der Waals surface area contributed by atoms with Crippen LogP contribution in [0.15, 0.2) is 12.3 Å². The summed E-state index contributed by atoms with van der Waals surface area (Å²) in [4.78, 5) is 20.7. The van der Waals surface area contributed by atoms with Gasteiger partial charge in [0, 0.05) is 19.2 Å². The summed E-state index contributed by atoms with van der Waals surface area (Å²) in [7, 11) is 0. The zero-order chi connectivity index (χ0) is 11.7. The number of rotatable bonds is 2. The normalized spacial score (nSPS) is 24.8. The summed E-state index contributed by atoms with van der Waals surface area (Å²) >= 11 is 0. The van der Waals surface area contributed by atoms with E-state index in [1.807, 2.05) is 0 Å². The van der Waals surface area contributed by atoms with Gasteiger partial charge in [-0.05, 0) is 13.0 Å². The number of aliphatic hydroxyl groups is 1. The molecule has 2 atom stereocenters. The predicted octanol–water partition coefficient (Wildman–Crippen LogP) is -0.191. The van der Waals surface area contributed by atoms with E-state index in [1.165, 1.54) is 0 Å². The van der Waals surface area contributed by atoms with Gasteiger partial charge in [0.05, 0.1) is 6.10 Å². The molecule has 2 rings (SSSR count). The predicted molar refractivity (Wildman–Crippen MR) is 56.2 cm³/mol. The molecule has 1 fully saturated rings. The number of hydrogen-bond donors (Lipinski definition) is 2. The van der Waals surface area contributed by atoms with E-state index in [1.54, 1.807) is 24.1 Å². The van der Waals surface area contributed by atoms with Gasteiger partial charge in [-0.1, -0.05) is 0 Å². The number of aromatic nitrogens is 2. The van der Waals surface area contributed by atoms with E-state index in [0.29, 0.717) is 18.2 Å². The second-order valence-electron chi connectivity index (χ2n) is 3.86. The molecule has 6 heteroatoms. The lowest BCUT2D eigenvalue weighted by molar-refractivity contribution is -0.138. The third-order valence-electron chi connectivity index (χ3n) is 2.62. The summed E-state index contributed by atoms with van der Waals surface area (Å²) in [5, 5.41) is 18.5. The third-order valence-corrected chi connectivity index (χ3v) is 2.62. The van der Waals surface area contributed by atoms with Gasteiger partial charge in [0.1, 0.15) is 17.7 Å². The van der Waals surface area contributed by atoms with Crippen LogP contribution in [0.25, 0.3) is 0 Å². The number of anilines is 1. The van der Waals surface area contributed by atoms with Gasteiger partial charge in [-0.15, -0.1) is 0 Å². The van der Waals surface area contributed by atoms with E-state index in [0.717, 1.165) is 0 Å². The van der Waals surface area contributed by atoms with Crippen molar-refractivity contribution in [3.8, 4) is 0 Å². The lowest BCUT2D eigenvalue weighted by atomic mass is 10.2. The number of carboxylic acids is 1. The van der Waals surface area contributed by atoms with Crippen molar-refractivity contribution >= 4 is 11.8 Å². The van der Waals surface area contributed by atoms with Crippen molar-refractivity contribution in [1.82, 2.24) is 9.97 Å². The molecule has 0 aromatic carbocycles. The molecule has 86 valence electrons. The van der Waals surface area contributed by atoms with Crippen molar-refractivity contribution in [2.24, 2.45) is 0 Å². The number of aryl methyl sites for hydroxylation is 1. The first kappa shape index (κ1) is 10.8. The molecule has 1 aliphatic rings. The molecule has 2 heterocycles. The monoisotopic (exact) mass is 223 g/mol. The second-order valence-corrected chi connectivity index (χ2v) is 3.86. The average molecular weight is 223 g/mol. The summed E-state index contributed by atoms with van der Waals surface area (Å²) in [5.41, 5.74) is 0. The van der Waals surface area contributed by atoms with Crippen molar-refractivity contribution in [3.05, 3.63) is 18.1 Å². The fourth-order valence-electron chi connectivity index (χ4n) is 1.90. The Kier molecular flexibility index (Phi) is 2.74. The van der Waals surface area contributed by atoms with Crippen molar-refractivity contribution in [2.75, 3.05) is 11.4 Å². The van der Waals surface area contributed by atoms with Crippen molar-refractivity contribution in [1.29, 1.82) is 0 Å². The Balaban J connectivity index is 2.28. The molecule has 2 unspecified atom stereocenters. The Morgan fingerprint density at radius 3 is 3.00 bits per heavy atom. The number of β-amino-alcohol motifs (C(OH)–C–C–N with tert-alkyl or cyclic N) is 1. The summed E-state index contributed by atoms with van der Waals surface area (Å²) in [6.45, 7) is 2.04. The van der Waals surface area contributed by atoms with Crippen LogP contribution >= 0.6 is 0 Å². The molecule has 0 radical (unpaired) electrons. The van der Waals surface area contributed by atoms with Crippen LogP contribution in [0.5, 0.6) is 0 Å². The van der Waals surface area contributed by atoms with Gasteiger partial charge >= 0.3 is 5.97 Å². The highest BCUT2D eigenvalue weighted by Gasteiger charge is 2.36. The first-order chi connectivity index (χ1) is 7.58. The highest BCUT2D eigenvalue weighted by atomic mass is 16.4. The van der Waals surface area contributed by atoms with E-state index in [4.69, 9.17) is 5.11 Å². The Morgan fingerprint density at radius 1 is 1.62 bits per heavy atom. The minimum Gasteiger partial charge on any atom is -0.480 e. The molecule has 16 heavy (non-hydrogen) atoms. The average Bonchev–Trinajstić information content (AvgIpc) is 2.60. The summed E-state index contributed by atoms with van der Waals surface area (Å²) in [6.07, 6.45) is 1.20. The molecule has 1 aromatic rings. The molecule has 0 bridgehead atoms. The number of carboxylic acid groups (broad SMARTS) is 1. The van der Waals surface area contributed by atoms with Crippen LogP contribution in [0.1, 0.15) is 12.2 Å². The van der Waals surface area contributed by atoms with Gasteiger partial charge in [-0.2, -0.15) is 0 Å². The number of nitrogens with zero attached hydrogens (tertiary/aromatic N) is 3. The largest absolute Gasteiger partial charge is 0.480 e. The van der Waals surface area contributed by atoms with Gasteiger partial charge in [-0.3, -0.25) is 0 Å². The lowest BCUT2D eigenvalue weighted by Crippen LogP contribution is -2.36. The molecule has 1 saturated heterocycles. The number of carbonyl (C=O) groups is 1. The first-order valence-electron chi connectivity index (χ1n) is 5.05. The quantitative estimate of drug-likeness (QED) is 0.722. The zero-order valence-electron chi connectivity index (χ0n) is 8.87. The van der Waals surface area contributed by atoms with Crippen molar-refractivity contribution < 1.29 is 15.0 Å². The van der Waals surface area contributed by atoms with Crippen LogP contribution in [0.4, 0.5) is 5.82 Å². The van der Waals surface area contributed by atoms with E-state index < -0.39 is 18.1 Å². The van der Waals surface area contributed by atoms with Crippen LogP contribution in [0.2, 0.25) is 0 Å². The van der Waals surface area contributed by atoms with Gasteiger partial charge in [0.15, 0.2) is 0 Å². The SMILES string of the molecule is Cc1nccc(N2CC(O)CC2C(=O)O)n1. The highest BCUT2D eigenvalue weighted by Crippen LogP contribution is 2.23. The first-order valence-corrected chi connectivity index (χ1v) is 5.05. The van der Waals surface area contributed by atoms with Gasteiger partial charge in [0.2, 0.25) is 0 Å². The summed E-state index contributed by atoms with van der Waals surface area (Å²) in [6, 6.07) is 0.949. The molecule has 1 aromatic heterocycles. The fourth-order valence-corrected chi connectivity index (χ4v) is 1.90. The lowest BCUT2D eigenvalue weighted by Gasteiger charge is -2.21. The minimum absolute atomic E-state index is 0.235. The Bertz CT molecular complexity index is 410. The van der Waals surface area contributed by atoms with E-state index in [-0.39, 0.29) is 6.42 Å². The van der Waals surface area contributed by atoms with Gasteiger partial charge in [0.25, 0.3) is 0 Å². The molecule has 0 amide bonds. The molecule has 0 saturated carbocycles. The number of aliphatic carboxylic acids is 1. The molecular weight excluding hydrogens is 210 g/mol. The standard InChI is InChI=1S/C10H13N3O3/c1-6-11-3-2-9(12-6)13-5-7(14)4-8(13)10(15)16/h2-3,7-8,14H,4-5H2,1H3,(H,15,16). The minimum atomic E-state index is -0.937. The van der Waals surface area contributed by atoms with E-state index in [2.05, 4.69) is 9.97 Å². The maximum absolute atomic E-state index is 11.0. The second kappa shape index (κ2) is 4.05. The number of aliphatic hydroxyl groups excluding tert-OH is 1. The number of hydrogen-bond acceptors (Lipinski definition) is 5. The molecule has 0 spiro atoms. The summed E-state index contributed by atoms with van der Waals surface area (Å²) in [5.74, 6) is 0.201. The maximum atomic E-state index is 11.0. The highest BCUT2D eigenvalue weighted by molar-refractivity contribution is 5.78. The molecule has 2 N–H and O–H groups in total. The third kappa shape index (κ3) is 1.96. The van der Waals surface area contributed by atoms with Crippen LogP contribution in [0.3, 0.4) is 0 Å². The van der Waals surface area contributed by atoms with Crippen LogP contribution in [0, 0.1) is 6.92 Å². The van der Waals surface area contributed by atoms with Crippen LogP contribution < -0.4 is 4.90 Å². The summed E-state index contributed by atoms with van der Waals surface area (Å²) < 4.78 is 0. The van der Waals surface area contributed by atoms with Crippen LogP contribution in [-0.2, 0) is 4.79 Å². The van der Waals surface area contributed by atoms with Gasteiger partial charge < -0.3 is 15.1 Å². The molecular formula is C10H13N3O3. The molecule has 6 nitrogen and oxygen atoms in total. The fraction of sp³-hybridized carbons (Fsp3) is 0.500. The molecule has 0 aliphatic carbocycles. The van der Waals surface area contributed by atoms with Crippen molar-refractivity contribution in [2.45, 2.75) is 25.5 Å². The maximum Gasteiger partial charge on any atom is 0.326 e.